The lowest BCUT2D eigenvalue weighted by molar-refractivity contribution is -0.136. The lowest BCUT2D eigenvalue weighted by atomic mass is 9.96. The first kappa shape index (κ1) is 14.3. The zero-order chi connectivity index (χ0) is 15.7. The molecule has 0 radical (unpaired) electrons. The van der Waals surface area contributed by atoms with Crippen LogP contribution in [-0.4, -0.2) is 21.2 Å². The maximum absolute atomic E-state index is 10.8. The monoisotopic (exact) mass is 296 g/mol. The van der Waals surface area contributed by atoms with E-state index in [1.165, 1.54) is 0 Å². The molecule has 0 bridgehead atoms. The number of fused-ring (bicyclic) bond motifs is 1. The first-order valence-electron chi connectivity index (χ1n) is 7.09. The summed E-state index contributed by atoms with van der Waals surface area (Å²) >= 11 is 0. The molecule has 1 aromatic carbocycles. The van der Waals surface area contributed by atoms with Crippen molar-refractivity contribution in [2.45, 2.75) is 26.7 Å². The largest absolute Gasteiger partial charge is 0.481 e. The van der Waals surface area contributed by atoms with Crippen molar-refractivity contribution in [3.8, 4) is 11.1 Å². The number of carboxylic acids is 1. The summed E-state index contributed by atoms with van der Waals surface area (Å²) in [6.07, 6.45) is 2.33. The molecular weight excluding hydrogens is 280 g/mol. The number of aliphatic carboxylic acids is 1. The molecule has 0 saturated carbocycles. The molecule has 0 amide bonds. The molecule has 3 aromatic rings. The summed E-state index contributed by atoms with van der Waals surface area (Å²) in [6, 6.07) is 7.78. The quantitative estimate of drug-likeness (QED) is 0.797. The van der Waals surface area contributed by atoms with Gasteiger partial charge in [0.15, 0.2) is 0 Å². The van der Waals surface area contributed by atoms with Gasteiger partial charge in [0.1, 0.15) is 5.76 Å². The van der Waals surface area contributed by atoms with Crippen LogP contribution in [0.2, 0.25) is 0 Å². The third kappa shape index (κ3) is 2.45. The van der Waals surface area contributed by atoms with E-state index in [4.69, 9.17) is 9.63 Å². The molecular formula is C17H16N2O3. The summed E-state index contributed by atoms with van der Waals surface area (Å²) in [4.78, 5) is 15.3. The fourth-order valence-electron chi connectivity index (χ4n) is 2.76. The van der Waals surface area contributed by atoms with Crippen LogP contribution in [0.1, 0.15) is 23.4 Å². The van der Waals surface area contributed by atoms with Crippen molar-refractivity contribution in [2.24, 2.45) is 0 Å². The average Bonchev–Trinajstić information content (AvgIpc) is 2.84. The van der Waals surface area contributed by atoms with Crippen molar-refractivity contribution >= 4 is 16.9 Å². The highest BCUT2D eigenvalue weighted by Gasteiger charge is 2.16. The van der Waals surface area contributed by atoms with E-state index in [-0.39, 0.29) is 6.42 Å². The van der Waals surface area contributed by atoms with Gasteiger partial charge in [-0.3, -0.25) is 9.78 Å². The van der Waals surface area contributed by atoms with Crippen LogP contribution in [0.15, 0.2) is 35.0 Å². The smallest absolute Gasteiger partial charge is 0.303 e. The van der Waals surface area contributed by atoms with Gasteiger partial charge in [0.25, 0.3) is 0 Å². The number of benzene rings is 1. The van der Waals surface area contributed by atoms with E-state index in [1.807, 2.05) is 38.1 Å². The minimum absolute atomic E-state index is 0.106. The molecule has 0 unspecified atom stereocenters. The fourth-order valence-corrected chi connectivity index (χ4v) is 2.76. The highest BCUT2D eigenvalue weighted by molar-refractivity contribution is 5.96. The molecule has 2 aromatic heterocycles. The van der Waals surface area contributed by atoms with Crippen LogP contribution in [0.4, 0.5) is 0 Å². The first-order chi connectivity index (χ1) is 10.6. The van der Waals surface area contributed by atoms with Gasteiger partial charge in [0, 0.05) is 29.1 Å². The van der Waals surface area contributed by atoms with Crippen LogP contribution in [0.25, 0.3) is 22.0 Å². The van der Waals surface area contributed by atoms with Crippen molar-refractivity contribution in [1.82, 2.24) is 10.1 Å². The van der Waals surface area contributed by atoms with E-state index in [0.29, 0.717) is 6.42 Å². The van der Waals surface area contributed by atoms with Gasteiger partial charge in [-0.1, -0.05) is 23.4 Å². The SMILES string of the molecule is Cc1noc(C)c1-c1ccc(CCC(=O)O)c2cccnc12. The normalized spacial score (nSPS) is 11.0. The van der Waals surface area contributed by atoms with Crippen molar-refractivity contribution in [3.05, 3.63) is 47.5 Å². The Labute approximate surface area is 127 Å². The second-order valence-corrected chi connectivity index (χ2v) is 5.26. The molecule has 0 fully saturated rings. The minimum Gasteiger partial charge on any atom is -0.481 e. The number of hydrogen-bond donors (Lipinski definition) is 1. The molecule has 5 heteroatoms. The van der Waals surface area contributed by atoms with Crippen LogP contribution in [0.5, 0.6) is 0 Å². The molecule has 22 heavy (non-hydrogen) atoms. The van der Waals surface area contributed by atoms with Crippen molar-refractivity contribution in [3.63, 3.8) is 0 Å². The number of nitrogens with zero attached hydrogens (tertiary/aromatic N) is 2. The number of aromatic nitrogens is 2. The Morgan fingerprint density at radius 1 is 1.27 bits per heavy atom. The Balaban J connectivity index is 2.18. The van der Waals surface area contributed by atoms with E-state index in [9.17, 15) is 4.79 Å². The Hall–Kier alpha value is -2.69. The van der Waals surface area contributed by atoms with Gasteiger partial charge in [-0.25, -0.2) is 0 Å². The van der Waals surface area contributed by atoms with E-state index < -0.39 is 5.97 Å². The minimum atomic E-state index is -0.799. The Morgan fingerprint density at radius 2 is 2.09 bits per heavy atom. The third-order valence-electron chi connectivity index (χ3n) is 3.77. The molecule has 3 rings (SSSR count). The van der Waals surface area contributed by atoms with E-state index in [1.54, 1.807) is 6.20 Å². The van der Waals surface area contributed by atoms with Crippen LogP contribution in [0.3, 0.4) is 0 Å². The second-order valence-electron chi connectivity index (χ2n) is 5.26. The molecule has 1 N–H and O–H groups in total. The van der Waals surface area contributed by atoms with E-state index in [0.717, 1.165) is 39.0 Å². The lowest BCUT2D eigenvalue weighted by Crippen LogP contribution is -1.99. The summed E-state index contributed by atoms with van der Waals surface area (Å²) in [5, 5.41) is 13.9. The van der Waals surface area contributed by atoms with Crippen LogP contribution in [0, 0.1) is 13.8 Å². The zero-order valence-electron chi connectivity index (χ0n) is 12.5. The molecule has 0 aliphatic carbocycles. The van der Waals surface area contributed by atoms with Gasteiger partial charge in [0.2, 0.25) is 0 Å². The van der Waals surface area contributed by atoms with Gasteiger partial charge in [-0.2, -0.15) is 0 Å². The molecule has 0 saturated heterocycles. The van der Waals surface area contributed by atoms with Gasteiger partial charge in [-0.05, 0) is 31.9 Å². The Bertz CT molecular complexity index is 833. The number of rotatable bonds is 4. The summed E-state index contributed by atoms with van der Waals surface area (Å²) < 4.78 is 5.25. The average molecular weight is 296 g/mol. The number of pyridine rings is 1. The summed E-state index contributed by atoms with van der Waals surface area (Å²) in [5.74, 6) is -0.0467. The van der Waals surface area contributed by atoms with Crippen LogP contribution < -0.4 is 0 Å². The number of aryl methyl sites for hydroxylation is 3. The molecule has 5 nitrogen and oxygen atoms in total. The van der Waals surface area contributed by atoms with Crippen molar-refractivity contribution in [1.29, 1.82) is 0 Å². The number of carbonyl (C=O) groups is 1. The van der Waals surface area contributed by atoms with E-state index >= 15 is 0 Å². The van der Waals surface area contributed by atoms with Gasteiger partial charge >= 0.3 is 5.97 Å². The molecule has 0 aliphatic rings. The predicted molar refractivity (Wildman–Crippen MR) is 82.7 cm³/mol. The van der Waals surface area contributed by atoms with Crippen molar-refractivity contribution < 1.29 is 14.4 Å². The summed E-state index contributed by atoms with van der Waals surface area (Å²) in [7, 11) is 0. The highest BCUT2D eigenvalue weighted by Crippen LogP contribution is 2.33. The summed E-state index contributed by atoms with van der Waals surface area (Å²) in [6.45, 7) is 3.78. The molecule has 0 aliphatic heterocycles. The molecule has 112 valence electrons. The van der Waals surface area contributed by atoms with Crippen LogP contribution in [-0.2, 0) is 11.2 Å². The molecule has 2 heterocycles. The number of carboxylic acid groups (broad SMARTS) is 1. The van der Waals surface area contributed by atoms with Crippen molar-refractivity contribution in [2.75, 3.05) is 0 Å². The second kappa shape index (κ2) is 5.60. The standard InChI is InChI=1S/C17H16N2O3/c1-10-16(11(2)22-19-10)14-7-5-12(6-8-15(20)21)13-4-3-9-18-17(13)14/h3-5,7,9H,6,8H2,1-2H3,(H,20,21). The van der Waals surface area contributed by atoms with Gasteiger partial charge in [-0.15, -0.1) is 0 Å². The van der Waals surface area contributed by atoms with Gasteiger partial charge < -0.3 is 9.63 Å². The fraction of sp³-hybridized carbons (Fsp3) is 0.235. The lowest BCUT2D eigenvalue weighted by Gasteiger charge is -2.10. The topological polar surface area (TPSA) is 76.2 Å². The third-order valence-corrected chi connectivity index (χ3v) is 3.77. The highest BCUT2D eigenvalue weighted by atomic mass is 16.5. The maximum Gasteiger partial charge on any atom is 0.303 e. The zero-order valence-corrected chi connectivity index (χ0v) is 12.5. The first-order valence-corrected chi connectivity index (χ1v) is 7.09. The van der Waals surface area contributed by atoms with E-state index in [2.05, 4.69) is 10.1 Å². The number of hydrogen-bond acceptors (Lipinski definition) is 4. The molecule has 0 spiro atoms. The van der Waals surface area contributed by atoms with Gasteiger partial charge in [0.05, 0.1) is 11.2 Å². The summed E-state index contributed by atoms with van der Waals surface area (Å²) in [5.41, 5.74) is 4.57. The Morgan fingerprint density at radius 3 is 2.77 bits per heavy atom. The maximum atomic E-state index is 10.8. The Kier molecular flexibility index (Phi) is 3.63. The molecule has 0 atom stereocenters. The van der Waals surface area contributed by atoms with Crippen LogP contribution >= 0.6 is 0 Å². The predicted octanol–water partition coefficient (Wildman–Crippen LogP) is 3.52.